The number of rotatable bonds is 7. The summed E-state index contributed by atoms with van der Waals surface area (Å²) in [7, 11) is 0. The van der Waals surface area contributed by atoms with E-state index < -0.39 is 0 Å². The van der Waals surface area contributed by atoms with Crippen LogP contribution in [-0.2, 0) is 12.8 Å². The van der Waals surface area contributed by atoms with Crippen LogP contribution in [0, 0.1) is 0 Å². The predicted octanol–water partition coefficient (Wildman–Crippen LogP) is 5.61. The first-order chi connectivity index (χ1) is 15.3. The summed E-state index contributed by atoms with van der Waals surface area (Å²) in [5.41, 5.74) is 6.10. The van der Waals surface area contributed by atoms with Crippen LogP contribution in [0.2, 0.25) is 0 Å². The van der Waals surface area contributed by atoms with E-state index in [4.69, 9.17) is 9.84 Å². The predicted molar refractivity (Wildman–Crippen MR) is 125 cm³/mol. The Labute approximate surface area is 183 Å². The van der Waals surface area contributed by atoms with Gasteiger partial charge in [-0.25, -0.2) is 4.68 Å². The molecule has 5 rings (SSSR count). The van der Waals surface area contributed by atoms with E-state index >= 15 is 0 Å². The first kappa shape index (κ1) is 19.4. The summed E-state index contributed by atoms with van der Waals surface area (Å²) in [5, 5.41) is 8.66. The standard InChI is InChI=1S/C27H27N3O/c1-2-31-26-16-10-9-15-25(26)30-27-22(17-18-28-27)24(29-30)19-23(20-11-5-3-6-12-20)21-13-7-4-8-14-21/h3-16,23,28H,2,17-19H2,1H3. The highest BCUT2D eigenvalue weighted by Crippen LogP contribution is 2.36. The van der Waals surface area contributed by atoms with Gasteiger partial charge in [-0.15, -0.1) is 0 Å². The van der Waals surface area contributed by atoms with Crippen molar-refractivity contribution in [1.29, 1.82) is 0 Å². The average Bonchev–Trinajstić information content (AvgIpc) is 3.43. The lowest BCUT2D eigenvalue weighted by atomic mass is 9.86. The summed E-state index contributed by atoms with van der Waals surface area (Å²) < 4.78 is 7.93. The number of aromatic nitrogens is 2. The molecule has 0 saturated heterocycles. The van der Waals surface area contributed by atoms with Gasteiger partial charge in [0.1, 0.15) is 17.3 Å². The maximum absolute atomic E-state index is 5.89. The van der Waals surface area contributed by atoms with Gasteiger partial charge in [-0.05, 0) is 36.6 Å². The van der Waals surface area contributed by atoms with Gasteiger partial charge < -0.3 is 10.1 Å². The van der Waals surface area contributed by atoms with Gasteiger partial charge in [-0.3, -0.25) is 0 Å². The molecule has 2 heterocycles. The van der Waals surface area contributed by atoms with E-state index in [2.05, 4.69) is 72.0 Å². The number of hydrogen-bond acceptors (Lipinski definition) is 3. The number of benzene rings is 3. The fourth-order valence-electron chi connectivity index (χ4n) is 4.49. The molecule has 0 atom stereocenters. The number of nitrogens with one attached hydrogen (secondary N) is 1. The maximum Gasteiger partial charge on any atom is 0.145 e. The van der Waals surface area contributed by atoms with Crippen molar-refractivity contribution in [3.05, 3.63) is 107 Å². The van der Waals surface area contributed by atoms with Gasteiger partial charge in [0.25, 0.3) is 0 Å². The largest absolute Gasteiger partial charge is 0.492 e. The molecular formula is C27H27N3O. The topological polar surface area (TPSA) is 39.1 Å². The number of hydrogen-bond donors (Lipinski definition) is 1. The van der Waals surface area contributed by atoms with Crippen LogP contribution in [0.5, 0.6) is 5.75 Å². The van der Waals surface area contributed by atoms with Gasteiger partial charge in [-0.2, -0.15) is 5.10 Å². The van der Waals surface area contributed by atoms with Crippen LogP contribution in [0.3, 0.4) is 0 Å². The number of para-hydroxylation sites is 2. The molecule has 0 radical (unpaired) electrons. The molecule has 0 aliphatic carbocycles. The van der Waals surface area contributed by atoms with Crippen molar-refractivity contribution in [1.82, 2.24) is 9.78 Å². The lowest BCUT2D eigenvalue weighted by Gasteiger charge is -2.18. The zero-order valence-electron chi connectivity index (χ0n) is 17.8. The van der Waals surface area contributed by atoms with Crippen LogP contribution in [0.1, 0.15) is 35.2 Å². The molecule has 4 heteroatoms. The molecule has 0 spiro atoms. The van der Waals surface area contributed by atoms with Crippen molar-refractivity contribution in [2.75, 3.05) is 18.5 Å². The molecule has 1 aromatic heterocycles. The minimum atomic E-state index is 0.262. The molecule has 0 bridgehead atoms. The van der Waals surface area contributed by atoms with Crippen molar-refractivity contribution in [3.63, 3.8) is 0 Å². The van der Waals surface area contributed by atoms with E-state index in [-0.39, 0.29) is 5.92 Å². The Morgan fingerprint density at radius 2 is 1.55 bits per heavy atom. The third-order valence-corrected chi connectivity index (χ3v) is 5.93. The third kappa shape index (κ3) is 3.81. The summed E-state index contributed by atoms with van der Waals surface area (Å²) in [4.78, 5) is 0. The summed E-state index contributed by atoms with van der Waals surface area (Å²) in [6.07, 6.45) is 1.86. The van der Waals surface area contributed by atoms with E-state index in [1.807, 2.05) is 29.8 Å². The zero-order chi connectivity index (χ0) is 21.0. The highest BCUT2D eigenvalue weighted by Gasteiger charge is 2.27. The highest BCUT2D eigenvalue weighted by molar-refractivity contribution is 5.60. The van der Waals surface area contributed by atoms with Crippen LogP contribution in [0.4, 0.5) is 5.82 Å². The molecule has 156 valence electrons. The van der Waals surface area contributed by atoms with E-state index in [0.29, 0.717) is 6.61 Å². The van der Waals surface area contributed by atoms with Crippen molar-refractivity contribution in [2.45, 2.75) is 25.7 Å². The van der Waals surface area contributed by atoms with Crippen LogP contribution in [-0.4, -0.2) is 22.9 Å². The van der Waals surface area contributed by atoms with Gasteiger partial charge in [0, 0.05) is 24.4 Å². The molecule has 1 aliphatic rings. The van der Waals surface area contributed by atoms with Crippen LogP contribution >= 0.6 is 0 Å². The molecule has 0 saturated carbocycles. The lowest BCUT2D eigenvalue weighted by molar-refractivity contribution is 0.338. The van der Waals surface area contributed by atoms with E-state index in [0.717, 1.165) is 42.3 Å². The average molecular weight is 410 g/mol. The minimum absolute atomic E-state index is 0.262. The highest BCUT2D eigenvalue weighted by atomic mass is 16.5. The summed E-state index contributed by atoms with van der Waals surface area (Å²) in [6.45, 7) is 3.58. The second-order valence-electron chi connectivity index (χ2n) is 7.84. The first-order valence-electron chi connectivity index (χ1n) is 11.0. The number of fused-ring (bicyclic) bond motifs is 1. The van der Waals surface area contributed by atoms with Crippen molar-refractivity contribution in [2.24, 2.45) is 0 Å². The SMILES string of the molecule is CCOc1ccccc1-n1nc(CC(c2ccccc2)c2ccccc2)c2c1NCC2. The Bertz CT molecular complexity index is 1110. The number of anilines is 1. The molecule has 1 N–H and O–H groups in total. The molecule has 0 amide bonds. The first-order valence-corrected chi connectivity index (χ1v) is 11.0. The Kier molecular flexibility index (Phi) is 5.44. The fourth-order valence-corrected chi connectivity index (χ4v) is 4.49. The number of ether oxygens (including phenoxy) is 1. The van der Waals surface area contributed by atoms with E-state index in [1.165, 1.54) is 16.7 Å². The normalized spacial score (nSPS) is 12.6. The maximum atomic E-state index is 5.89. The molecule has 0 unspecified atom stereocenters. The van der Waals surface area contributed by atoms with Crippen molar-refractivity contribution in [3.8, 4) is 11.4 Å². The van der Waals surface area contributed by atoms with Gasteiger partial charge >= 0.3 is 0 Å². The second kappa shape index (κ2) is 8.68. The molecule has 4 nitrogen and oxygen atoms in total. The third-order valence-electron chi connectivity index (χ3n) is 5.93. The minimum Gasteiger partial charge on any atom is -0.492 e. The Hall–Kier alpha value is -3.53. The van der Waals surface area contributed by atoms with Gasteiger partial charge in [-0.1, -0.05) is 72.8 Å². The van der Waals surface area contributed by atoms with Crippen molar-refractivity contribution < 1.29 is 4.74 Å². The Morgan fingerprint density at radius 3 is 2.23 bits per heavy atom. The zero-order valence-corrected chi connectivity index (χ0v) is 17.8. The second-order valence-corrected chi connectivity index (χ2v) is 7.84. The summed E-state index contributed by atoms with van der Waals surface area (Å²) in [6, 6.07) is 29.6. The monoisotopic (exact) mass is 409 g/mol. The number of nitrogens with zero attached hydrogens (tertiary/aromatic N) is 2. The lowest BCUT2D eigenvalue weighted by Crippen LogP contribution is -2.09. The molecule has 3 aromatic carbocycles. The molecule has 0 fully saturated rings. The van der Waals surface area contributed by atoms with Crippen LogP contribution < -0.4 is 10.1 Å². The van der Waals surface area contributed by atoms with Gasteiger partial charge in [0.2, 0.25) is 0 Å². The Balaban J connectivity index is 1.57. The van der Waals surface area contributed by atoms with Crippen LogP contribution in [0.15, 0.2) is 84.9 Å². The van der Waals surface area contributed by atoms with Gasteiger partial charge in [0.05, 0.1) is 12.3 Å². The summed E-state index contributed by atoms with van der Waals surface area (Å²) >= 11 is 0. The van der Waals surface area contributed by atoms with Gasteiger partial charge in [0.15, 0.2) is 0 Å². The summed E-state index contributed by atoms with van der Waals surface area (Å²) in [5.74, 6) is 2.22. The smallest absolute Gasteiger partial charge is 0.145 e. The van der Waals surface area contributed by atoms with E-state index in [1.54, 1.807) is 0 Å². The Morgan fingerprint density at radius 1 is 0.903 bits per heavy atom. The van der Waals surface area contributed by atoms with Crippen LogP contribution in [0.25, 0.3) is 5.69 Å². The quantitative estimate of drug-likeness (QED) is 0.431. The molecule has 4 aromatic rings. The van der Waals surface area contributed by atoms with Crippen molar-refractivity contribution >= 4 is 5.82 Å². The molecular weight excluding hydrogens is 382 g/mol. The molecule has 1 aliphatic heterocycles. The van der Waals surface area contributed by atoms with E-state index in [9.17, 15) is 0 Å². The fraction of sp³-hybridized carbons (Fsp3) is 0.222. The molecule has 31 heavy (non-hydrogen) atoms.